The highest BCUT2D eigenvalue weighted by atomic mass is 32.2. The third-order valence-corrected chi connectivity index (χ3v) is 4.60. The minimum Gasteiger partial charge on any atom is -0.399 e. The molecule has 0 amide bonds. The molecule has 18 heavy (non-hydrogen) atoms. The fourth-order valence-corrected chi connectivity index (χ4v) is 2.87. The minimum absolute atomic E-state index is 0.0634. The number of nitrogens with two attached hydrogens (primary N) is 1. The van der Waals surface area contributed by atoms with Crippen molar-refractivity contribution in [3.8, 4) is 0 Å². The Morgan fingerprint density at radius 1 is 1.44 bits per heavy atom. The average Bonchev–Trinajstić information content (AvgIpc) is 2.30. The number of nitrogen functional groups attached to an aromatic ring is 1. The molecular formula is C11H17FN2O3S. The molecule has 0 aromatic heterocycles. The SMILES string of the molecule is COCCN(C)S(=O)(=O)c1cc(N)cc(F)c1C. The van der Waals surface area contributed by atoms with Crippen LogP contribution in [-0.2, 0) is 14.8 Å². The summed E-state index contributed by atoms with van der Waals surface area (Å²) in [6, 6.07) is 2.36. The lowest BCUT2D eigenvalue weighted by Crippen LogP contribution is -2.30. The lowest BCUT2D eigenvalue weighted by molar-refractivity contribution is 0.185. The first-order valence-electron chi connectivity index (χ1n) is 5.31. The molecule has 0 aliphatic carbocycles. The van der Waals surface area contributed by atoms with Gasteiger partial charge in [0.15, 0.2) is 0 Å². The third kappa shape index (κ3) is 2.98. The highest BCUT2D eigenvalue weighted by Crippen LogP contribution is 2.24. The highest BCUT2D eigenvalue weighted by Gasteiger charge is 2.24. The zero-order valence-corrected chi connectivity index (χ0v) is 11.4. The summed E-state index contributed by atoms with van der Waals surface area (Å²) < 4.78 is 43.8. The van der Waals surface area contributed by atoms with Crippen LogP contribution >= 0.6 is 0 Å². The molecule has 102 valence electrons. The maximum Gasteiger partial charge on any atom is 0.243 e. The molecule has 0 bridgehead atoms. The number of hydrogen-bond donors (Lipinski definition) is 1. The summed E-state index contributed by atoms with van der Waals surface area (Å²) in [4.78, 5) is -0.112. The Kier molecular flexibility index (Phi) is 4.66. The number of anilines is 1. The second-order valence-corrected chi connectivity index (χ2v) is 5.96. The van der Waals surface area contributed by atoms with Crippen molar-refractivity contribution in [2.24, 2.45) is 0 Å². The molecule has 7 heteroatoms. The summed E-state index contributed by atoms with van der Waals surface area (Å²) in [6.45, 7) is 1.86. The van der Waals surface area contributed by atoms with Crippen LogP contribution in [0.15, 0.2) is 17.0 Å². The highest BCUT2D eigenvalue weighted by molar-refractivity contribution is 7.89. The second-order valence-electron chi connectivity index (χ2n) is 3.95. The van der Waals surface area contributed by atoms with Crippen molar-refractivity contribution >= 4 is 15.7 Å². The molecule has 2 N–H and O–H groups in total. The number of rotatable bonds is 5. The van der Waals surface area contributed by atoms with Gasteiger partial charge in [-0.1, -0.05) is 0 Å². The maximum absolute atomic E-state index is 13.5. The minimum atomic E-state index is -3.75. The molecular weight excluding hydrogens is 259 g/mol. The Morgan fingerprint density at radius 2 is 2.06 bits per heavy atom. The number of nitrogens with zero attached hydrogens (tertiary/aromatic N) is 1. The van der Waals surface area contributed by atoms with E-state index in [0.717, 1.165) is 10.4 Å². The molecule has 0 aliphatic rings. The number of hydrogen-bond acceptors (Lipinski definition) is 4. The van der Waals surface area contributed by atoms with Crippen molar-refractivity contribution < 1.29 is 17.5 Å². The number of likely N-dealkylation sites (N-methyl/N-ethyl adjacent to an activating group) is 1. The van der Waals surface area contributed by atoms with Crippen LogP contribution in [0.4, 0.5) is 10.1 Å². The van der Waals surface area contributed by atoms with E-state index in [9.17, 15) is 12.8 Å². The first kappa shape index (κ1) is 14.9. The fraction of sp³-hybridized carbons (Fsp3) is 0.455. The second kappa shape index (κ2) is 5.64. The third-order valence-electron chi connectivity index (χ3n) is 2.62. The molecule has 1 rings (SSSR count). The molecule has 0 fully saturated rings. The lowest BCUT2D eigenvalue weighted by atomic mass is 10.2. The molecule has 1 aromatic carbocycles. The number of methoxy groups -OCH3 is 1. The Labute approximate surface area is 106 Å². The van der Waals surface area contributed by atoms with Gasteiger partial charge in [-0.25, -0.2) is 12.8 Å². The first-order chi connectivity index (χ1) is 8.30. The van der Waals surface area contributed by atoms with E-state index >= 15 is 0 Å². The maximum atomic E-state index is 13.5. The largest absolute Gasteiger partial charge is 0.399 e. The van der Waals surface area contributed by atoms with E-state index < -0.39 is 15.8 Å². The van der Waals surface area contributed by atoms with Gasteiger partial charge in [0.2, 0.25) is 10.0 Å². The fourth-order valence-electron chi connectivity index (χ4n) is 1.45. The van der Waals surface area contributed by atoms with Crippen molar-refractivity contribution in [3.63, 3.8) is 0 Å². The summed E-state index contributed by atoms with van der Waals surface area (Å²) in [6.07, 6.45) is 0. The predicted molar refractivity (Wildman–Crippen MR) is 67.2 cm³/mol. The molecule has 1 aromatic rings. The monoisotopic (exact) mass is 276 g/mol. The predicted octanol–water partition coefficient (Wildman–Crippen LogP) is 0.983. The smallest absolute Gasteiger partial charge is 0.243 e. The van der Waals surface area contributed by atoms with E-state index in [1.807, 2.05) is 0 Å². The summed E-state index contributed by atoms with van der Waals surface area (Å²) in [5.41, 5.74) is 5.62. The van der Waals surface area contributed by atoms with Crippen molar-refractivity contribution in [2.45, 2.75) is 11.8 Å². The van der Waals surface area contributed by atoms with Crippen LogP contribution in [0.2, 0.25) is 0 Å². The van der Waals surface area contributed by atoms with E-state index in [0.29, 0.717) is 0 Å². The molecule has 0 atom stereocenters. The molecule has 0 saturated carbocycles. The van der Waals surface area contributed by atoms with Crippen LogP contribution in [0.3, 0.4) is 0 Å². The topological polar surface area (TPSA) is 72.6 Å². The molecule has 0 aliphatic heterocycles. The molecule has 0 saturated heterocycles. The summed E-state index contributed by atoms with van der Waals surface area (Å²) in [5, 5.41) is 0. The Hall–Kier alpha value is -1.18. The zero-order valence-electron chi connectivity index (χ0n) is 10.6. The van der Waals surface area contributed by atoms with Crippen LogP contribution in [0.5, 0.6) is 0 Å². The van der Waals surface area contributed by atoms with Gasteiger partial charge in [-0.05, 0) is 19.1 Å². The van der Waals surface area contributed by atoms with E-state index in [1.54, 1.807) is 0 Å². The quantitative estimate of drug-likeness (QED) is 0.814. The van der Waals surface area contributed by atoms with E-state index in [-0.39, 0.29) is 29.3 Å². The van der Waals surface area contributed by atoms with Gasteiger partial charge >= 0.3 is 0 Å². The van der Waals surface area contributed by atoms with E-state index in [1.165, 1.54) is 27.1 Å². The summed E-state index contributed by atoms with van der Waals surface area (Å²) >= 11 is 0. The van der Waals surface area contributed by atoms with Gasteiger partial charge in [-0.3, -0.25) is 0 Å². The van der Waals surface area contributed by atoms with Crippen LogP contribution in [0.1, 0.15) is 5.56 Å². The van der Waals surface area contributed by atoms with Gasteiger partial charge in [0, 0.05) is 32.0 Å². The number of sulfonamides is 1. The zero-order chi connectivity index (χ0) is 13.9. The van der Waals surface area contributed by atoms with Gasteiger partial charge in [0.05, 0.1) is 11.5 Å². The van der Waals surface area contributed by atoms with E-state index in [2.05, 4.69) is 0 Å². The molecule has 0 spiro atoms. The number of benzene rings is 1. The molecule has 0 heterocycles. The molecule has 0 unspecified atom stereocenters. The summed E-state index contributed by atoms with van der Waals surface area (Å²) in [5.74, 6) is -0.631. The van der Waals surface area contributed by atoms with Gasteiger partial charge in [0.25, 0.3) is 0 Å². The average molecular weight is 276 g/mol. The Bertz CT molecular complexity index is 531. The van der Waals surface area contributed by atoms with Crippen molar-refractivity contribution in [1.82, 2.24) is 4.31 Å². The summed E-state index contributed by atoms with van der Waals surface area (Å²) in [7, 11) is -0.864. The first-order valence-corrected chi connectivity index (χ1v) is 6.75. The lowest BCUT2D eigenvalue weighted by Gasteiger charge is -2.18. The van der Waals surface area contributed by atoms with Crippen molar-refractivity contribution in [1.29, 1.82) is 0 Å². The number of ether oxygens (including phenoxy) is 1. The number of halogens is 1. The van der Waals surface area contributed by atoms with Crippen LogP contribution in [0, 0.1) is 12.7 Å². The van der Waals surface area contributed by atoms with Crippen molar-refractivity contribution in [2.75, 3.05) is 33.0 Å². The normalized spacial score (nSPS) is 12.1. The van der Waals surface area contributed by atoms with Crippen molar-refractivity contribution in [3.05, 3.63) is 23.5 Å². The molecule has 0 radical (unpaired) electrons. The van der Waals surface area contributed by atoms with E-state index in [4.69, 9.17) is 10.5 Å². The standard InChI is InChI=1S/C11H17FN2O3S/c1-8-10(12)6-9(13)7-11(8)18(15,16)14(2)4-5-17-3/h6-7H,4-5,13H2,1-3H3. The van der Waals surface area contributed by atoms with Gasteiger partial charge in [0.1, 0.15) is 5.82 Å². The Morgan fingerprint density at radius 3 is 2.61 bits per heavy atom. The van der Waals surface area contributed by atoms with Crippen LogP contribution in [-0.4, -0.2) is 40.0 Å². The molecule has 5 nitrogen and oxygen atoms in total. The Balaban J connectivity index is 3.20. The van der Waals surface area contributed by atoms with Crippen LogP contribution < -0.4 is 5.73 Å². The van der Waals surface area contributed by atoms with Crippen LogP contribution in [0.25, 0.3) is 0 Å². The van der Waals surface area contributed by atoms with Gasteiger partial charge < -0.3 is 10.5 Å². The van der Waals surface area contributed by atoms with Gasteiger partial charge in [-0.15, -0.1) is 0 Å². The van der Waals surface area contributed by atoms with Gasteiger partial charge in [-0.2, -0.15) is 4.31 Å².